The van der Waals surface area contributed by atoms with Gasteiger partial charge in [-0.1, -0.05) is 6.92 Å². The molecule has 0 bridgehead atoms. The van der Waals surface area contributed by atoms with Crippen molar-refractivity contribution in [2.75, 3.05) is 41.3 Å². The van der Waals surface area contributed by atoms with E-state index in [1.54, 1.807) is 0 Å². The van der Waals surface area contributed by atoms with Crippen molar-refractivity contribution in [3.05, 3.63) is 0 Å². The van der Waals surface area contributed by atoms with E-state index in [4.69, 9.17) is 0 Å². The third kappa shape index (κ3) is 3.48. The van der Waals surface area contributed by atoms with E-state index in [0.29, 0.717) is 12.1 Å². The molecule has 0 saturated heterocycles. The fraction of sp³-hybridized carbons (Fsp3) is 0.867. The summed E-state index contributed by atoms with van der Waals surface area (Å²) in [5, 5.41) is 0. The lowest BCUT2D eigenvalue weighted by Gasteiger charge is -2.02. The molecule has 2 aliphatic heterocycles. The van der Waals surface area contributed by atoms with E-state index in [-0.39, 0.29) is 0 Å². The number of hydrogen-bond acceptors (Lipinski definition) is 2. The Hall–Kier alpha value is -1.06. The highest BCUT2D eigenvalue weighted by atomic mass is 15.3. The van der Waals surface area contributed by atoms with Gasteiger partial charge in [0.15, 0.2) is 0 Å². The van der Waals surface area contributed by atoms with Crippen molar-refractivity contribution in [1.29, 1.82) is 0 Å². The molecule has 2 atom stereocenters. The fourth-order valence-electron chi connectivity index (χ4n) is 2.91. The second-order valence-electron chi connectivity index (χ2n) is 6.00. The zero-order valence-electron chi connectivity index (χ0n) is 14.1. The van der Waals surface area contributed by atoms with Crippen LogP contribution in [0.25, 0.3) is 0 Å². The van der Waals surface area contributed by atoms with Gasteiger partial charge in [0.05, 0.1) is 28.2 Å². The highest BCUT2D eigenvalue weighted by Gasteiger charge is 2.28. The molecule has 19 heavy (non-hydrogen) atoms. The molecule has 4 nitrogen and oxygen atoms in total. The molecule has 0 aromatic carbocycles. The minimum atomic E-state index is 0.690. The number of likely N-dealkylation sites (N-methyl/N-ethyl adjacent to an activating group) is 4. The Bertz CT molecular complexity index is 368. The lowest BCUT2D eigenvalue weighted by atomic mass is 10.3. The maximum atomic E-state index is 2.36. The normalized spacial score (nSPS) is 27.2. The molecule has 0 fully saturated rings. The Morgan fingerprint density at radius 1 is 1.00 bits per heavy atom. The van der Waals surface area contributed by atoms with Crippen LogP contribution in [0.15, 0.2) is 0 Å². The smallest absolute Gasteiger partial charge is 0.246 e. The van der Waals surface area contributed by atoms with Gasteiger partial charge in [-0.25, -0.2) is 0 Å². The number of hydrogen-bond donors (Lipinski definition) is 0. The van der Waals surface area contributed by atoms with Crippen LogP contribution >= 0.6 is 0 Å². The van der Waals surface area contributed by atoms with Crippen LogP contribution < -0.4 is 0 Å². The first-order chi connectivity index (χ1) is 8.79. The Morgan fingerprint density at radius 2 is 1.47 bits per heavy atom. The summed E-state index contributed by atoms with van der Waals surface area (Å²) in [6.07, 6.45) is 1.15. The molecule has 0 aromatic heterocycles. The minimum Gasteiger partial charge on any atom is -0.264 e. The maximum absolute atomic E-state index is 2.36. The van der Waals surface area contributed by atoms with E-state index in [1.165, 1.54) is 24.8 Å². The van der Waals surface area contributed by atoms with E-state index in [1.807, 2.05) is 0 Å². The van der Waals surface area contributed by atoms with Gasteiger partial charge >= 0.3 is 0 Å². The fourth-order valence-corrected chi connectivity index (χ4v) is 2.91. The van der Waals surface area contributed by atoms with Crippen LogP contribution in [0.1, 0.15) is 34.1 Å². The summed E-state index contributed by atoms with van der Waals surface area (Å²) < 4.78 is 4.67. The van der Waals surface area contributed by atoms with Crippen molar-refractivity contribution in [2.24, 2.45) is 0 Å². The first-order valence-corrected chi connectivity index (χ1v) is 7.36. The molecule has 0 N–H and O–H groups in total. The highest BCUT2D eigenvalue weighted by molar-refractivity contribution is 5.78. The summed E-state index contributed by atoms with van der Waals surface area (Å²) in [6, 6.07) is 1.38. The largest absolute Gasteiger partial charge is 0.264 e. The molecular formula is C15H32N4+2. The summed E-state index contributed by atoms with van der Waals surface area (Å²) in [5.74, 6) is 2.84. The summed E-state index contributed by atoms with van der Waals surface area (Å²) >= 11 is 0. The van der Waals surface area contributed by atoms with Crippen molar-refractivity contribution in [2.45, 2.75) is 46.2 Å². The van der Waals surface area contributed by atoms with Crippen LogP contribution in [-0.4, -0.2) is 84.0 Å². The summed E-state index contributed by atoms with van der Waals surface area (Å²) in [6.45, 7) is 11.2. The van der Waals surface area contributed by atoms with Crippen molar-refractivity contribution in [1.82, 2.24) is 9.80 Å². The molecule has 0 saturated carbocycles. The van der Waals surface area contributed by atoms with Crippen molar-refractivity contribution in [3.63, 3.8) is 0 Å². The van der Waals surface area contributed by atoms with Gasteiger partial charge in [-0.3, -0.25) is 19.0 Å². The quantitative estimate of drug-likeness (QED) is 0.662. The van der Waals surface area contributed by atoms with Crippen LogP contribution in [0.5, 0.6) is 0 Å². The van der Waals surface area contributed by atoms with Crippen molar-refractivity contribution in [3.8, 4) is 0 Å². The summed E-state index contributed by atoms with van der Waals surface area (Å²) in [4.78, 5) is 4.62. The lowest BCUT2D eigenvalue weighted by molar-refractivity contribution is -0.523. The Labute approximate surface area is 119 Å². The van der Waals surface area contributed by atoms with Gasteiger partial charge in [0.25, 0.3) is 0 Å². The molecule has 2 unspecified atom stereocenters. The van der Waals surface area contributed by atoms with E-state index in [9.17, 15) is 0 Å². The molecule has 110 valence electrons. The van der Waals surface area contributed by atoms with E-state index < -0.39 is 0 Å². The van der Waals surface area contributed by atoms with Gasteiger partial charge in [-0.15, -0.1) is 0 Å². The molecule has 4 heteroatoms. The van der Waals surface area contributed by atoms with Gasteiger partial charge in [0.1, 0.15) is 25.2 Å². The van der Waals surface area contributed by atoms with Gasteiger partial charge < -0.3 is 0 Å². The van der Waals surface area contributed by atoms with Crippen molar-refractivity contribution < 1.29 is 9.15 Å². The molecule has 0 aliphatic carbocycles. The number of amidine groups is 2. The minimum absolute atomic E-state index is 0.690. The first kappa shape index (κ1) is 16.0. The predicted octanol–water partition coefficient (Wildman–Crippen LogP) is 1.15. The molecule has 0 aromatic rings. The average Bonchev–Trinajstić information content (AvgIpc) is 2.72. The van der Waals surface area contributed by atoms with Crippen molar-refractivity contribution >= 4 is 11.7 Å². The van der Waals surface area contributed by atoms with Crippen LogP contribution in [0.4, 0.5) is 0 Å². The standard InChI is InChI=1S/C8H17N2.C7H15N2/c1-5-8-9(3)6-7(2)10(8)4;1-6-5-8(3)7(2)9(6)4/h7H,5-6H2,1-4H3;6H,5H2,1-4H3/q2*+1. The van der Waals surface area contributed by atoms with Crippen LogP contribution in [0, 0.1) is 0 Å². The molecule has 0 radical (unpaired) electrons. The molecule has 2 aliphatic rings. The topological polar surface area (TPSA) is 12.5 Å². The average molecular weight is 268 g/mol. The monoisotopic (exact) mass is 268 g/mol. The highest BCUT2D eigenvalue weighted by Crippen LogP contribution is 2.06. The summed E-state index contributed by atoms with van der Waals surface area (Å²) in [7, 11) is 8.62. The maximum Gasteiger partial charge on any atom is 0.246 e. The Morgan fingerprint density at radius 3 is 1.63 bits per heavy atom. The molecular weight excluding hydrogens is 236 g/mol. The van der Waals surface area contributed by atoms with Gasteiger partial charge in [0.2, 0.25) is 11.7 Å². The van der Waals surface area contributed by atoms with Gasteiger partial charge in [-0.2, -0.15) is 0 Å². The second-order valence-corrected chi connectivity index (χ2v) is 6.00. The molecule has 2 rings (SSSR count). The Balaban J connectivity index is 0.000000191. The van der Waals surface area contributed by atoms with Gasteiger partial charge in [-0.05, 0) is 13.8 Å². The van der Waals surface area contributed by atoms with Gasteiger partial charge in [0, 0.05) is 13.3 Å². The number of nitrogens with zero attached hydrogens (tertiary/aromatic N) is 4. The van der Waals surface area contributed by atoms with E-state index in [2.05, 4.69) is 74.8 Å². The summed E-state index contributed by atoms with van der Waals surface area (Å²) in [5.41, 5.74) is 0. The SMILES string of the molecule is CC1=[N+](C)C(C)CN1C.CCC1=[N+](C)C(C)CN1C. The zero-order chi connectivity index (χ0) is 14.7. The van der Waals surface area contributed by atoms with E-state index >= 15 is 0 Å². The number of rotatable bonds is 1. The first-order valence-electron chi connectivity index (χ1n) is 7.36. The second kappa shape index (κ2) is 6.40. The molecule has 0 spiro atoms. The predicted molar refractivity (Wildman–Crippen MR) is 82.5 cm³/mol. The lowest BCUT2D eigenvalue weighted by Crippen LogP contribution is -2.23. The zero-order valence-corrected chi connectivity index (χ0v) is 14.1. The Kier molecular flexibility index (Phi) is 5.39. The third-order valence-electron chi connectivity index (χ3n) is 4.63. The molecule has 2 heterocycles. The third-order valence-corrected chi connectivity index (χ3v) is 4.63. The molecule has 0 amide bonds. The van der Waals surface area contributed by atoms with Crippen LogP contribution in [-0.2, 0) is 0 Å². The van der Waals surface area contributed by atoms with Crippen LogP contribution in [0.3, 0.4) is 0 Å². The van der Waals surface area contributed by atoms with E-state index in [0.717, 1.165) is 6.42 Å². The van der Waals surface area contributed by atoms with Crippen LogP contribution in [0.2, 0.25) is 0 Å².